The SMILES string of the molecule is Cc1cc(C2=CNN3C2=CN(c2ccc(C(F)(F)F)c(Br)c2)C[C@@H]3C)ccn1. The van der Waals surface area contributed by atoms with Crippen LogP contribution < -0.4 is 10.3 Å². The molecule has 1 atom stereocenters. The molecule has 0 bridgehead atoms. The molecule has 2 aromatic rings. The Morgan fingerprint density at radius 1 is 1.21 bits per heavy atom. The molecule has 0 aliphatic carbocycles. The van der Waals surface area contributed by atoms with Gasteiger partial charge in [-0.15, -0.1) is 0 Å². The summed E-state index contributed by atoms with van der Waals surface area (Å²) in [7, 11) is 0. The Labute approximate surface area is 169 Å². The van der Waals surface area contributed by atoms with Gasteiger partial charge < -0.3 is 10.3 Å². The number of pyridine rings is 1. The third-order valence-electron chi connectivity index (χ3n) is 4.86. The third-order valence-corrected chi connectivity index (χ3v) is 5.52. The van der Waals surface area contributed by atoms with Gasteiger partial charge in [0, 0.05) is 46.6 Å². The molecular weight excluding hydrogens is 433 g/mol. The summed E-state index contributed by atoms with van der Waals surface area (Å²) in [6.45, 7) is 4.65. The fraction of sp³-hybridized carbons (Fsp3) is 0.250. The molecule has 28 heavy (non-hydrogen) atoms. The Hall–Kier alpha value is -2.48. The van der Waals surface area contributed by atoms with Crippen LogP contribution >= 0.6 is 15.9 Å². The maximum absolute atomic E-state index is 13.0. The zero-order valence-electron chi connectivity index (χ0n) is 15.3. The van der Waals surface area contributed by atoms with E-state index >= 15 is 0 Å². The standard InChI is InChI=1S/C20H18BrF3N4/c1-12-7-14(5-6-25-12)16-9-26-28-13(2)10-27(11-19(16)28)15-3-4-17(18(21)8-15)20(22,23)24/h3-9,11,13,26H,10H2,1-2H3/t13-/m0/s1. The molecule has 0 unspecified atom stereocenters. The Balaban J connectivity index is 1.71. The van der Waals surface area contributed by atoms with Crippen LogP contribution in [0.25, 0.3) is 5.57 Å². The van der Waals surface area contributed by atoms with Crippen LogP contribution in [0.3, 0.4) is 0 Å². The second-order valence-corrected chi connectivity index (χ2v) is 7.77. The lowest BCUT2D eigenvalue weighted by molar-refractivity contribution is -0.138. The second kappa shape index (κ2) is 6.84. The number of allylic oxidation sites excluding steroid dienone is 1. The van der Waals surface area contributed by atoms with Crippen molar-refractivity contribution in [3.8, 4) is 0 Å². The molecule has 2 aliphatic heterocycles. The van der Waals surface area contributed by atoms with E-state index in [4.69, 9.17) is 0 Å². The Bertz CT molecular complexity index is 984. The van der Waals surface area contributed by atoms with Crippen molar-refractivity contribution >= 4 is 27.2 Å². The van der Waals surface area contributed by atoms with Crippen molar-refractivity contribution < 1.29 is 13.2 Å². The van der Waals surface area contributed by atoms with Gasteiger partial charge in [0.05, 0.1) is 17.3 Å². The van der Waals surface area contributed by atoms with E-state index in [1.54, 1.807) is 6.20 Å². The minimum atomic E-state index is -4.38. The van der Waals surface area contributed by atoms with Crippen LogP contribution in [0.5, 0.6) is 0 Å². The number of hydrogen-bond acceptors (Lipinski definition) is 4. The summed E-state index contributed by atoms with van der Waals surface area (Å²) in [5.74, 6) is 0. The number of rotatable bonds is 2. The Kier molecular flexibility index (Phi) is 4.61. The number of nitrogens with zero attached hydrogens (tertiary/aromatic N) is 3. The van der Waals surface area contributed by atoms with Crippen molar-refractivity contribution in [2.24, 2.45) is 0 Å². The number of anilines is 1. The molecule has 4 rings (SSSR count). The van der Waals surface area contributed by atoms with Crippen molar-refractivity contribution in [3.05, 3.63) is 75.9 Å². The molecule has 0 saturated heterocycles. The largest absolute Gasteiger partial charge is 0.417 e. The van der Waals surface area contributed by atoms with Crippen LogP contribution in [-0.4, -0.2) is 22.6 Å². The molecule has 1 aromatic carbocycles. The molecule has 0 spiro atoms. The minimum absolute atomic E-state index is 0.0380. The summed E-state index contributed by atoms with van der Waals surface area (Å²) in [5, 5.41) is 2.07. The number of hydrogen-bond donors (Lipinski definition) is 1. The fourth-order valence-electron chi connectivity index (χ4n) is 3.51. The average Bonchev–Trinajstić information content (AvgIpc) is 3.05. The first-order valence-corrected chi connectivity index (χ1v) is 9.57. The molecule has 1 aromatic heterocycles. The number of alkyl halides is 3. The molecule has 0 radical (unpaired) electrons. The Morgan fingerprint density at radius 2 is 2.00 bits per heavy atom. The summed E-state index contributed by atoms with van der Waals surface area (Å²) in [6, 6.07) is 8.22. The van der Waals surface area contributed by atoms with Gasteiger partial charge in [0.1, 0.15) is 0 Å². The van der Waals surface area contributed by atoms with Crippen LogP contribution in [-0.2, 0) is 6.18 Å². The number of benzene rings is 1. The predicted molar refractivity (Wildman–Crippen MR) is 106 cm³/mol. The third kappa shape index (κ3) is 3.37. The summed E-state index contributed by atoms with van der Waals surface area (Å²) >= 11 is 3.07. The van der Waals surface area contributed by atoms with E-state index in [1.807, 2.05) is 36.4 Å². The number of aromatic nitrogens is 1. The average molecular weight is 451 g/mol. The number of halogens is 4. The van der Waals surface area contributed by atoms with E-state index in [-0.39, 0.29) is 10.5 Å². The normalized spacial score (nSPS) is 19.1. The topological polar surface area (TPSA) is 31.4 Å². The molecule has 0 saturated carbocycles. The lowest BCUT2D eigenvalue weighted by atomic mass is 10.0. The molecule has 2 aliphatic rings. The molecule has 8 heteroatoms. The van der Waals surface area contributed by atoms with Gasteiger partial charge in [0.25, 0.3) is 0 Å². The van der Waals surface area contributed by atoms with E-state index in [9.17, 15) is 13.2 Å². The second-order valence-electron chi connectivity index (χ2n) is 6.92. The Morgan fingerprint density at radius 3 is 2.68 bits per heavy atom. The van der Waals surface area contributed by atoms with Crippen molar-refractivity contribution in [1.82, 2.24) is 15.4 Å². The monoisotopic (exact) mass is 450 g/mol. The first-order valence-electron chi connectivity index (χ1n) is 8.78. The van der Waals surface area contributed by atoms with E-state index < -0.39 is 11.7 Å². The summed E-state index contributed by atoms with van der Waals surface area (Å²) < 4.78 is 39.2. The molecule has 4 nitrogen and oxygen atoms in total. The molecule has 1 N–H and O–H groups in total. The van der Waals surface area contributed by atoms with Gasteiger partial charge >= 0.3 is 6.18 Å². The lowest BCUT2D eigenvalue weighted by Crippen LogP contribution is -2.47. The maximum Gasteiger partial charge on any atom is 0.417 e. The van der Waals surface area contributed by atoms with Crippen LogP contribution in [0.1, 0.15) is 23.7 Å². The van der Waals surface area contributed by atoms with E-state index in [2.05, 4.69) is 38.3 Å². The van der Waals surface area contributed by atoms with Gasteiger partial charge in [-0.2, -0.15) is 13.2 Å². The maximum atomic E-state index is 13.0. The zero-order chi connectivity index (χ0) is 20.1. The first-order chi connectivity index (χ1) is 13.2. The zero-order valence-corrected chi connectivity index (χ0v) is 16.8. The summed E-state index contributed by atoms with van der Waals surface area (Å²) in [5.41, 5.74) is 7.27. The highest BCUT2D eigenvalue weighted by Gasteiger charge is 2.34. The molecule has 0 fully saturated rings. The van der Waals surface area contributed by atoms with Crippen molar-refractivity contribution in [2.75, 3.05) is 11.4 Å². The number of fused-ring (bicyclic) bond motifs is 1. The van der Waals surface area contributed by atoms with Crippen LogP contribution in [0.4, 0.5) is 18.9 Å². The number of aryl methyl sites for hydroxylation is 1. The quantitative estimate of drug-likeness (QED) is 0.690. The van der Waals surface area contributed by atoms with Crippen LogP contribution in [0.15, 0.2) is 59.1 Å². The molecule has 3 heterocycles. The van der Waals surface area contributed by atoms with E-state index in [0.717, 1.165) is 28.6 Å². The van der Waals surface area contributed by atoms with Crippen LogP contribution in [0.2, 0.25) is 0 Å². The van der Waals surface area contributed by atoms with Gasteiger partial charge in [-0.25, -0.2) is 0 Å². The summed E-state index contributed by atoms with van der Waals surface area (Å²) in [4.78, 5) is 6.22. The van der Waals surface area contributed by atoms with E-state index in [0.29, 0.717) is 12.2 Å². The van der Waals surface area contributed by atoms with Crippen molar-refractivity contribution in [2.45, 2.75) is 26.1 Å². The van der Waals surface area contributed by atoms with E-state index in [1.165, 1.54) is 12.1 Å². The highest BCUT2D eigenvalue weighted by atomic mass is 79.9. The van der Waals surface area contributed by atoms with Gasteiger partial charge in [-0.1, -0.05) is 15.9 Å². The van der Waals surface area contributed by atoms with Crippen molar-refractivity contribution in [3.63, 3.8) is 0 Å². The summed E-state index contributed by atoms with van der Waals surface area (Å²) in [6.07, 6.45) is 1.30. The number of hydrazine groups is 1. The smallest absolute Gasteiger partial charge is 0.344 e. The first kappa shape index (κ1) is 18.9. The van der Waals surface area contributed by atoms with Gasteiger partial charge in [-0.3, -0.25) is 9.99 Å². The van der Waals surface area contributed by atoms with Gasteiger partial charge in [0.15, 0.2) is 0 Å². The predicted octanol–water partition coefficient (Wildman–Crippen LogP) is 5.08. The molecule has 0 amide bonds. The van der Waals surface area contributed by atoms with Gasteiger partial charge in [-0.05, 0) is 49.7 Å². The van der Waals surface area contributed by atoms with Crippen LogP contribution in [0, 0.1) is 6.92 Å². The van der Waals surface area contributed by atoms with Gasteiger partial charge in [0.2, 0.25) is 0 Å². The highest BCUT2D eigenvalue weighted by molar-refractivity contribution is 9.10. The van der Waals surface area contributed by atoms with Crippen molar-refractivity contribution in [1.29, 1.82) is 0 Å². The lowest BCUT2D eigenvalue weighted by Gasteiger charge is -2.38. The molecular formula is C20H18BrF3N4. The fourth-order valence-corrected chi connectivity index (χ4v) is 4.10. The minimum Gasteiger partial charge on any atom is -0.344 e. The highest BCUT2D eigenvalue weighted by Crippen LogP contribution is 2.39. The molecule has 146 valence electrons. The number of nitrogens with one attached hydrogen (secondary N) is 1.